The standard InChI is InChI=1S/2C22H25F3N4O.C13H7ClF3N3.C9H19NO.C6H3BrClN3.ClH/c2*1-21(2,30)15-6-8-17(9-7-15)27-19-10-11-20-26-13-18(29(20)28-19)14-4-3-5-16(12-14)22(23,24)25;14-11-4-5-12-18-7-10(20(12)19-11)8-2-1-3-9(6-8)13(15,16)17;1-9(2,11)7-3-5-8(10)6-4-7;7-4-3-9-6-2-1-5(8)10-11(4)6;/h2*3-5,10-13,15,17,30H,6-9H2,1-2H3,(H,27,28);1-7H;7-8,11H,3-6,10H2,1-2H3;1-3H;1H. The van der Waals surface area contributed by atoms with Gasteiger partial charge in [-0.05, 0) is 237 Å². The fourth-order valence-corrected chi connectivity index (χ4v) is 13.5. The van der Waals surface area contributed by atoms with Gasteiger partial charge in [-0.25, -0.2) is 38.0 Å². The molecule has 0 atom stereocenters. The lowest BCUT2D eigenvalue weighted by atomic mass is 9.77. The molecule has 31 heteroatoms. The van der Waals surface area contributed by atoms with E-state index >= 15 is 0 Å². The number of halogens is 13. The van der Waals surface area contributed by atoms with Gasteiger partial charge in [0.25, 0.3) is 0 Å². The summed E-state index contributed by atoms with van der Waals surface area (Å²) in [6.07, 6.45) is 4.81. The Balaban J connectivity index is 0.000000158. The van der Waals surface area contributed by atoms with E-state index in [0.717, 1.165) is 124 Å². The van der Waals surface area contributed by atoms with E-state index in [4.69, 9.17) is 28.9 Å². The lowest BCUT2D eigenvalue weighted by Crippen LogP contribution is -2.37. The quantitative estimate of drug-likeness (QED) is 0.0700. The third-order valence-corrected chi connectivity index (χ3v) is 19.7. The maximum absolute atomic E-state index is 13.1. The maximum Gasteiger partial charge on any atom is 0.416 e. The van der Waals surface area contributed by atoms with Gasteiger partial charge in [0.15, 0.2) is 22.6 Å². The van der Waals surface area contributed by atoms with E-state index in [9.17, 15) is 54.8 Å². The minimum absolute atomic E-state index is 0. The largest absolute Gasteiger partial charge is 0.416 e. The molecule has 8 aromatic heterocycles. The van der Waals surface area contributed by atoms with Crippen LogP contribution in [0.4, 0.5) is 51.1 Å². The van der Waals surface area contributed by atoms with Crippen LogP contribution in [0.2, 0.25) is 10.3 Å². The number of hydrogen-bond acceptors (Lipinski definition) is 14. The van der Waals surface area contributed by atoms with Crippen molar-refractivity contribution in [2.75, 3.05) is 10.6 Å². The molecule has 103 heavy (non-hydrogen) atoms. The fourth-order valence-electron chi connectivity index (χ4n) is 12.9. The van der Waals surface area contributed by atoms with E-state index in [1.165, 1.54) is 41.3 Å². The Morgan fingerprint density at radius 2 is 0.699 bits per heavy atom. The van der Waals surface area contributed by atoms with Crippen LogP contribution >= 0.6 is 51.5 Å². The van der Waals surface area contributed by atoms with Gasteiger partial charge in [-0.3, -0.25) is 0 Å². The van der Waals surface area contributed by atoms with Crippen molar-refractivity contribution in [2.45, 2.75) is 172 Å². The summed E-state index contributed by atoms with van der Waals surface area (Å²) in [7, 11) is 0. The number of hydrogen-bond donors (Lipinski definition) is 6. The first-order valence-corrected chi connectivity index (χ1v) is 34.8. The normalized spacial score (nSPS) is 19.0. The summed E-state index contributed by atoms with van der Waals surface area (Å²) < 4.78 is 124. The van der Waals surface area contributed by atoms with Gasteiger partial charge in [-0.2, -0.15) is 49.7 Å². The van der Waals surface area contributed by atoms with Crippen LogP contribution in [0.1, 0.15) is 135 Å². The third-order valence-electron chi connectivity index (χ3n) is 18.7. The zero-order valence-electron chi connectivity index (χ0n) is 57.0. The summed E-state index contributed by atoms with van der Waals surface area (Å²) in [5, 5.41) is 54.9. The minimum atomic E-state index is -4.40. The van der Waals surface area contributed by atoms with Gasteiger partial charge in [0.05, 0.1) is 75.4 Å². The average Bonchev–Trinajstić information content (AvgIpc) is 1.69. The highest BCUT2D eigenvalue weighted by Gasteiger charge is 2.36. The summed E-state index contributed by atoms with van der Waals surface area (Å²) >= 11 is 14.7. The molecule has 3 aliphatic rings. The van der Waals surface area contributed by atoms with Crippen LogP contribution in [0, 0.1) is 17.8 Å². The number of imidazole rings is 4. The molecule has 14 rings (SSSR count). The van der Waals surface area contributed by atoms with Crippen molar-refractivity contribution < 1.29 is 54.8 Å². The van der Waals surface area contributed by atoms with Crippen LogP contribution in [-0.4, -0.2) is 109 Å². The first-order valence-electron chi connectivity index (χ1n) is 33.3. The monoisotopic (exact) mass is 1560 g/mol. The summed E-state index contributed by atoms with van der Waals surface area (Å²) in [4.78, 5) is 16.7. The molecule has 0 saturated heterocycles. The summed E-state index contributed by atoms with van der Waals surface area (Å²) in [5.74, 6) is 2.34. The van der Waals surface area contributed by atoms with E-state index in [2.05, 4.69) is 66.9 Å². The Morgan fingerprint density at radius 3 is 1.03 bits per heavy atom. The highest BCUT2D eigenvalue weighted by Crippen LogP contribution is 2.39. The Hall–Kier alpha value is -7.70. The minimum Gasteiger partial charge on any atom is -0.390 e. The van der Waals surface area contributed by atoms with Gasteiger partial charge < -0.3 is 31.7 Å². The van der Waals surface area contributed by atoms with E-state index < -0.39 is 52.0 Å². The second-order valence-corrected chi connectivity index (χ2v) is 29.1. The Kier molecular flexibility index (Phi) is 25.3. The highest BCUT2D eigenvalue weighted by molar-refractivity contribution is 9.10. The number of anilines is 2. The smallest absolute Gasteiger partial charge is 0.390 e. The van der Waals surface area contributed by atoms with Gasteiger partial charge in [-0.1, -0.05) is 59.6 Å². The average molecular weight is 1560 g/mol. The predicted octanol–water partition coefficient (Wildman–Crippen LogP) is 18.2. The van der Waals surface area contributed by atoms with Gasteiger partial charge in [0, 0.05) is 34.8 Å². The molecule has 8 heterocycles. The number of benzene rings is 3. The van der Waals surface area contributed by atoms with Crippen LogP contribution in [0.15, 0.2) is 151 Å². The second kappa shape index (κ2) is 32.8. The number of fused-ring (bicyclic) bond motifs is 4. The third kappa shape index (κ3) is 20.8. The molecule has 0 amide bonds. The van der Waals surface area contributed by atoms with Gasteiger partial charge in [0.1, 0.15) is 26.5 Å². The topological polar surface area (TPSA) is 232 Å². The Labute approximate surface area is 613 Å². The van der Waals surface area contributed by atoms with E-state index in [1.54, 1.807) is 74.3 Å². The van der Waals surface area contributed by atoms with E-state index in [0.29, 0.717) is 79.5 Å². The highest BCUT2D eigenvalue weighted by atomic mass is 79.9. The van der Waals surface area contributed by atoms with Crippen LogP contribution < -0.4 is 16.4 Å². The predicted molar refractivity (Wildman–Crippen MR) is 386 cm³/mol. The number of nitrogens with zero attached hydrogens (tertiary/aromatic N) is 12. The number of nitrogens with one attached hydrogen (secondary N) is 2. The van der Waals surface area contributed by atoms with Crippen molar-refractivity contribution in [3.05, 3.63) is 178 Å². The molecule has 18 nitrogen and oxygen atoms in total. The van der Waals surface area contributed by atoms with Crippen molar-refractivity contribution in [2.24, 2.45) is 23.5 Å². The number of aliphatic hydroxyl groups is 3. The molecule has 11 aromatic rings. The van der Waals surface area contributed by atoms with Crippen LogP contribution in [0.3, 0.4) is 0 Å². The summed E-state index contributed by atoms with van der Waals surface area (Å²) in [6, 6.07) is 30.2. The van der Waals surface area contributed by atoms with E-state index in [-0.39, 0.29) is 41.5 Å². The summed E-state index contributed by atoms with van der Waals surface area (Å²) in [6.45, 7) is 11.2. The first-order chi connectivity index (χ1) is 47.9. The van der Waals surface area contributed by atoms with Crippen LogP contribution in [0.25, 0.3) is 56.4 Å². The lowest BCUT2D eigenvalue weighted by Gasteiger charge is -2.36. The molecule has 7 N–H and O–H groups in total. The maximum atomic E-state index is 13.1. The molecular weight excluding hydrogens is 1480 g/mol. The van der Waals surface area contributed by atoms with Gasteiger partial charge in [0.2, 0.25) is 0 Å². The van der Waals surface area contributed by atoms with Crippen LogP contribution in [0.5, 0.6) is 0 Å². The number of aromatic nitrogens is 12. The second-order valence-electron chi connectivity index (χ2n) is 27.5. The van der Waals surface area contributed by atoms with Crippen molar-refractivity contribution in [3.63, 3.8) is 0 Å². The molecule has 0 unspecified atom stereocenters. The number of alkyl halides is 9. The molecule has 3 fully saturated rings. The fraction of sp³-hybridized carbons (Fsp3) is 0.417. The van der Waals surface area contributed by atoms with Crippen molar-refractivity contribution in [1.82, 2.24) is 58.4 Å². The first kappa shape index (κ1) is 79.4. The zero-order chi connectivity index (χ0) is 73.7. The Morgan fingerprint density at radius 1 is 0.408 bits per heavy atom. The van der Waals surface area contributed by atoms with Crippen molar-refractivity contribution >= 4 is 85.8 Å². The Bertz CT molecular complexity index is 4450. The van der Waals surface area contributed by atoms with E-state index in [1.807, 2.05) is 53.7 Å². The molecule has 552 valence electrons. The molecule has 0 radical (unpaired) electrons. The number of rotatable bonds is 10. The van der Waals surface area contributed by atoms with Crippen molar-refractivity contribution in [1.29, 1.82) is 0 Å². The zero-order valence-corrected chi connectivity index (χ0v) is 60.9. The van der Waals surface area contributed by atoms with Gasteiger partial charge >= 0.3 is 18.5 Å². The molecule has 0 spiro atoms. The van der Waals surface area contributed by atoms with Crippen LogP contribution in [-0.2, 0) is 18.5 Å². The SMILES string of the molecule is CC(C)(O)C1CCC(N)CC1.CC(C)(O)C1CCC(Nc2ccc3ncc(-c4cccc(C(F)(F)F)c4)n3n2)CC1.CC(C)(O)C1CCC(Nc2ccc3ncc(-c4cccc(C(F)(F)F)c4)n3n2)CC1.Cl.Clc1ccc2ncc(Br)n2n1.FC(F)(F)c1cccc(-c2cnc3ccc(Cl)nn23)c1. The molecule has 0 bridgehead atoms. The molecule has 3 aliphatic carbocycles. The molecular formula is C72H80BrCl3F9N15O3. The molecule has 3 saturated carbocycles. The molecule has 0 aliphatic heterocycles. The van der Waals surface area contributed by atoms with Gasteiger partial charge in [-0.15, -0.1) is 22.6 Å². The molecule has 3 aromatic carbocycles. The summed E-state index contributed by atoms with van der Waals surface area (Å²) in [5.41, 5.74) is 6.90. The van der Waals surface area contributed by atoms with Crippen molar-refractivity contribution in [3.8, 4) is 33.8 Å². The number of nitrogens with two attached hydrogens (primary N) is 1. The lowest BCUT2D eigenvalue weighted by molar-refractivity contribution is -0.138.